The van der Waals surface area contributed by atoms with Crippen molar-refractivity contribution in [1.29, 1.82) is 0 Å². The molecule has 4 nitrogen and oxygen atoms in total. The Morgan fingerprint density at radius 3 is 2.50 bits per heavy atom. The molecule has 2 heterocycles. The van der Waals surface area contributed by atoms with Crippen LogP contribution in [0.2, 0.25) is 0 Å². The van der Waals surface area contributed by atoms with E-state index < -0.39 is 0 Å². The van der Waals surface area contributed by atoms with E-state index in [1.807, 2.05) is 28.8 Å². The highest BCUT2D eigenvalue weighted by Gasteiger charge is 2.18. The van der Waals surface area contributed by atoms with Crippen LogP contribution in [0, 0.1) is 5.82 Å². The normalized spacial score (nSPS) is 11.1. The highest BCUT2D eigenvalue weighted by atomic mass is 19.1. The van der Waals surface area contributed by atoms with Gasteiger partial charge in [-0.25, -0.2) is 9.37 Å². The minimum atomic E-state index is -0.333. The van der Waals surface area contributed by atoms with Gasteiger partial charge in [0.05, 0.1) is 23.1 Å². The summed E-state index contributed by atoms with van der Waals surface area (Å²) in [6, 6.07) is 13.7. The predicted octanol–water partition coefficient (Wildman–Crippen LogP) is 3.53. The Bertz CT molecular complexity index is 1080. The minimum absolute atomic E-state index is 0.135. The van der Waals surface area contributed by atoms with Gasteiger partial charge in [-0.3, -0.25) is 4.79 Å². The summed E-state index contributed by atoms with van der Waals surface area (Å²) >= 11 is 0. The highest BCUT2D eigenvalue weighted by Crippen LogP contribution is 2.30. The number of aromatic nitrogens is 3. The molecule has 0 amide bonds. The maximum Gasteiger partial charge on any atom is 0.260 e. The van der Waals surface area contributed by atoms with Crippen LogP contribution in [0.3, 0.4) is 0 Å². The zero-order valence-corrected chi connectivity index (χ0v) is 13.0. The molecule has 4 rings (SSSR count). The maximum absolute atomic E-state index is 13.3. The molecular formula is C19H14FN3O. The molecule has 2 aromatic carbocycles. The van der Waals surface area contributed by atoms with Gasteiger partial charge >= 0.3 is 0 Å². The predicted molar refractivity (Wildman–Crippen MR) is 91.7 cm³/mol. The third kappa shape index (κ3) is 2.13. The number of aryl methyl sites for hydroxylation is 1. The van der Waals surface area contributed by atoms with Crippen molar-refractivity contribution in [2.75, 3.05) is 0 Å². The van der Waals surface area contributed by atoms with Crippen molar-refractivity contribution in [2.45, 2.75) is 0 Å². The Labute approximate surface area is 137 Å². The van der Waals surface area contributed by atoms with Gasteiger partial charge in [0.15, 0.2) is 0 Å². The number of benzene rings is 2. The molecule has 0 N–H and O–H groups in total. The van der Waals surface area contributed by atoms with E-state index in [2.05, 4.69) is 4.98 Å². The van der Waals surface area contributed by atoms with Gasteiger partial charge in [-0.15, -0.1) is 0 Å². The summed E-state index contributed by atoms with van der Waals surface area (Å²) in [5.74, 6) is -0.333. The van der Waals surface area contributed by atoms with Gasteiger partial charge in [0.2, 0.25) is 0 Å². The average molecular weight is 319 g/mol. The monoisotopic (exact) mass is 319 g/mol. The highest BCUT2D eigenvalue weighted by molar-refractivity contribution is 5.95. The van der Waals surface area contributed by atoms with Crippen molar-refractivity contribution in [3.63, 3.8) is 0 Å². The van der Waals surface area contributed by atoms with Crippen molar-refractivity contribution in [2.24, 2.45) is 7.05 Å². The molecule has 0 bridgehead atoms. The van der Waals surface area contributed by atoms with Crippen LogP contribution in [0.1, 0.15) is 0 Å². The van der Waals surface area contributed by atoms with Crippen LogP contribution in [0.15, 0.2) is 72.0 Å². The van der Waals surface area contributed by atoms with Crippen LogP contribution < -0.4 is 5.56 Å². The van der Waals surface area contributed by atoms with Crippen LogP contribution in [-0.4, -0.2) is 14.1 Å². The Morgan fingerprint density at radius 1 is 1.04 bits per heavy atom. The fraction of sp³-hybridized carbons (Fsp3) is 0.0526. The van der Waals surface area contributed by atoms with Gasteiger partial charge in [0.1, 0.15) is 5.82 Å². The number of pyridine rings is 1. The molecule has 118 valence electrons. The van der Waals surface area contributed by atoms with Crippen molar-refractivity contribution < 1.29 is 4.39 Å². The third-order valence-corrected chi connectivity index (χ3v) is 4.17. The Hall–Kier alpha value is -3.21. The van der Waals surface area contributed by atoms with Gasteiger partial charge in [0.25, 0.3) is 5.56 Å². The summed E-state index contributed by atoms with van der Waals surface area (Å²) in [7, 11) is 1.75. The van der Waals surface area contributed by atoms with Crippen LogP contribution >= 0.6 is 0 Å². The van der Waals surface area contributed by atoms with E-state index in [9.17, 15) is 9.18 Å². The van der Waals surface area contributed by atoms with E-state index in [0.29, 0.717) is 11.1 Å². The number of fused-ring (bicyclic) bond motifs is 1. The molecule has 4 aromatic rings. The smallest absolute Gasteiger partial charge is 0.260 e. The Morgan fingerprint density at radius 2 is 1.79 bits per heavy atom. The van der Waals surface area contributed by atoms with Gasteiger partial charge in [-0.2, -0.15) is 0 Å². The van der Waals surface area contributed by atoms with Crippen LogP contribution in [0.5, 0.6) is 0 Å². The number of hydrogen-bond donors (Lipinski definition) is 0. The molecular weight excluding hydrogens is 305 g/mol. The topological polar surface area (TPSA) is 39.8 Å². The lowest BCUT2D eigenvalue weighted by atomic mass is 10.0. The summed E-state index contributed by atoms with van der Waals surface area (Å²) < 4.78 is 16.8. The second-order valence-corrected chi connectivity index (χ2v) is 5.58. The van der Waals surface area contributed by atoms with Crippen LogP contribution in [0.4, 0.5) is 4.39 Å². The van der Waals surface area contributed by atoms with Gasteiger partial charge < -0.3 is 9.13 Å². The summed E-state index contributed by atoms with van der Waals surface area (Å²) in [6.45, 7) is 0. The van der Waals surface area contributed by atoms with E-state index in [1.165, 1.54) is 12.1 Å². The quantitative estimate of drug-likeness (QED) is 0.567. The Kier molecular flexibility index (Phi) is 3.27. The molecule has 0 saturated heterocycles. The zero-order valence-electron chi connectivity index (χ0n) is 13.0. The number of halogens is 1. The maximum atomic E-state index is 13.3. The van der Waals surface area contributed by atoms with E-state index in [0.717, 1.165) is 16.6 Å². The molecule has 0 aliphatic heterocycles. The van der Waals surface area contributed by atoms with E-state index in [4.69, 9.17) is 0 Å². The number of hydrogen-bond acceptors (Lipinski definition) is 2. The van der Waals surface area contributed by atoms with E-state index in [1.54, 1.807) is 42.5 Å². The summed E-state index contributed by atoms with van der Waals surface area (Å²) in [5, 5.41) is 0.928. The lowest BCUT2D eigenvalue weighted by Crippen LogP contribution is -2.21. The zero-order chi connectivity index (χ0) is 16.7. The lowest BCUT2D eigenvalue weighted by molar-refractivity contribution is 0.628. The van der Waals surface area contributed by atoms with Gasteiger partial charge in [-0.1, -0.05) is 30.3 Å². The summed E-state index contributed by atoms with van der Waals surface area (Å²) in [4.78, 5) is 17.1. The minimum Gasteiger partial charge on any atom is -0.311 e. The first-order valence-corrected chi connectivity index (χ1v) is 7.53. The Balaban J connectivity index is 2.19. The fourth-order valence-electron chi connectivity index (χ4n) is 3.02. The van der Waals surface area contributed by atoms with Crippen molar-refractivity contribution in [3.8, 4) is 16.8 Å². The second kappa shape index (κ2) is 5.45. The first kappa shape index (κ1) is 14.4. The van der Waals surface area contributed by atoms with Crippen LogP contribution in [-0.2, 0) is 7.05 Å². The molecule has 0 saturated carbocycles. The largest absolute Gasteiger partial charge is 0.311 e. The number of imidazole rings is 1. The molecule has 0 spiro atoms. The van der Waals surface area contributed by atoms with Crippen LogP contribution in [0.25, 0.3) is 27.7 Å². The molecule has 0 radical (unpaired) electrons. The molecule has 5 heteroatoms. The van der Waals surface area contributed by atoms with Crippen molar-refractivity contribution >= 4 is 10.9 Å². The number of nitrogens with zero attached hydrogens (tertiary/aromatic N) is 3. The molecule has 0 atom stereocenters. The molecule has 0 aliphatic carbocycles. The molecule has 0 fully saturated rings. The van der Waals surface area contributed by atoms with Crippen molar-refractivity contribution in [1.82, 2.24) is 14.1 Å². The van der Waals surface area contributed by atoms with E-state index in [-0.39, 0.29) is 11.4 Å². The second-order valence-electron chi connectivity index (χ2n) is 5.58. The number of para-hydroxylation sites is 1. The molecule has 0 aliphatic rings. The van der Waals surface area contributed by atoms with E-state index >= 15 is 0 Å². The summed E-state index contributed by atoms with van der Waals surface area (Å²) in [6.07, 6.45) is 5.13. The first-order valence-electron chi connectivity index (χ1n) is 7.53. The standard InChI is InChI=1S/C19H14FN3O/c1-22-16-5-3-2-4-15(16)18(23-11-10-21-12-23)17(19(22)24)13-6-8-14(20)9-7-13/h2-12H,1H3. The lowest BCUT2D eigenvalue weighted by Gasteiger charge is -2.16. The third-order valence-electron chi connectivity index (χ3n) is 4.17. The molecule has 0 unspecified atom stereocenters. The van der Waals surface area contributed by atoms with Gasteiger partial charge in [0, 0.05) is 24.8 Å². The number of rotatable bonds is 2. The molecule has 2 aromatic heterocycles. The summed E-state index contributed by atoms with van der Waals surface area (Å²) in [5.41, 5.74) is 2.64. The van der Waals surface area contributed by atoms with Gasteiger partial charge in [-0.05, 0) is 23.8 Å². The molecule has 24 heavy (non-hydrogen) atoms. The fourth-order valence-corrected chi connectivity index (χ4v) is 3.02. The SMILES string of the molecule is Cn1c(=O)c(-c2ccc(F)cc2)c(-n2ccnc2)c2ccccc21. The average Bonchev–Trinajstić information content (AvgIpc) is 3.13. The first-order chi connectivity index (χ1) is 11.7. The van der Waals surface area contributed by atoms with Crippen molar-refractivity contribution in [3.05, 3.63) is 83.4 Å².